The summed E-state index contributed by atoms with van der Waals surface area (Å²) in [5.41, 5.74) is 8.68. The summed E-state index contributed by atoms with van der Waals surface area (Å²) < 4.78 is 11.9. The second kappa shape index (κ2) is 7.17. The number of nitrogens with two attached hydrogens (primary N) is 1. The number of hydrogen-bond donors (Lipinski definition) is 3. The average Bonchev–Trinajstić information content (AvgIpc) is 2.62. The van der Waals surface area contributed by atoms with Crippen molar-refractivity contribution in [2.45, 2.75) is 44.8 Å². The fraction of sp³-hybridized carbons (Fsp3) is 0.429. The normalized spacial score (nSPS) is 19.8. The van der Waals surface area contributed by atoms with Crippen LogP contribution in [0.5, 0.6) is 17.2 Å². The molecule has 1 aliphatic rings. The predicted octanol–water partition coefficient (Wildman–Crippen LogP) is 3.42. The Morgan fingerprint density at radius 1 is 1.12 bits per heavy atom. The van der Waals surface area contributed by atoms with Crippen LogP contribution in [0.1, 0.15) is 43.6 Å². The molecule has 4 N–H and O–H groups in total. The molecule has 140 valence electrons. The molecule has 5 nitrogen and oxygen atoms in total. The summed E-state index contributed by atoms with van der Waals surface area (Å²) in [5, 5.41) is 19.9. The Balaban J connectivity index is 1.70. The van der Waals surface area contributed by atoms with Gasteiger partial charge in [-0.2, -0.15) is 0 Å². The highest BCUT2D eigenvalue weighted by molar-refractivity contribution is 5.51. The molecule has 26 heavy (non-hydrogen) atoms. The zero-order valence-corrected chi connectivity index (χ0v) is 15.5. The lowest BCUT2D eigenvalue weighted by Crippen LogP contribution is -2.34. The van der Waals surface area contributed by atoms with Crippen LogP contribution in [0.4, 0.5) is 0 Å². The molecule has 3 rings (SSSR count). The van der Waals surface area contributed by atoms with Crippen LogP contribution in [0.15, 0.2) is 36.4 Å². The van der Waals surface area contributed by atoms with Crippen molar-refractivity contribution in [2.75, 3.05) is 13.2 Å². The first kappa shape index (κ1) is 18.5. The van der Waals surface area contributed by atoms with Gasteiger partial charge < -0.3 is 25.4 Å². The van der Waals surface area contributed by atoms with Gasteiger partial charge in [-0.3, -0.25) is 0 Å². The maximum absolute atomic E-state index is 10.2. The van der Waals surface area contributed by atoms with Gasteiger partial charge >= 0.3 is 0 Å². The van der Waals surface area contributed by atoms with Gasteiger partial charge in [0.25, 0.3) is 0 Å². The summed E-state index contributed by atoms with van der Waals surface area (Å²) in [6.07, 6.45) is -0.0975. The Hall–Kier alpha value is -2.24. The second-order valence-electron chi connectivity index (χ2n) is 7.77. The summed E-state index contributed by atoms with van der Waals surface area (Å²) in [6, 6.07) is 11.3. The monoisotopic (exact) mass is 357 g/mol. The highest BCUT2D eigenvalue weighted by Crippen LogP contribution is 2.39. The van der Waals surface area contributed by atoms with Gasteiger partial charge in [0.05, 0.1) is 12.2 Å². The fourth-order valence-corrected chi connectivity index (χ4v) is 3.26. The SMILES string of the molecule is CC(C)(C)c1ccc(OCC2Cc3c(ccc(O)c3O)C(CN)O2)cc1. The summed E-state index contributed by atoms with van der Waals surface area (Å²) in [6.45, 7) is 7.16. The van der Waals surface area contributed by atoms with Crippen LogP contribution in [0.3, 0.4) is 0 Å². The van der Waals surface area contributed by atoms with E-state index in [0.29, 0.717) is 25.1 Å². The molecule has 2 unspecified atom stereocenters. The zero-order valence-electron chi connectivity index (χ0n) is 15.5. The molecule has 0 spiro atoms. The molecule has 0 aromatic heterocycles. The largest absolute Gasteiger partial charge is 0.504 e. The number of ether oxygens (including phenoxy) is 2. The molecule has 2 aromatic rings. The number of benzene rings is 2. The van der Waals surface area contributed by atoms with E-state index in [9.17, 15) is 10.2 Å². The lowest BCUT2D eigenvalue weighted by Gasteiger charge is -2.32. The standard InChI is InChI=1S/C21H27NO4/c1-21(2,3)13-4-6-14(7-5-13)25-12-15-10-17-16(19(11-22)26-15)8-9-18(23)20(17)24/h4-9,15,19,23-24H,10-12,22H2,1-3H3. The first-order valence-corrected chi connectivity index (χ1v) is 8.92. The van der Waals surface area contributed by atoms with Gasteiger partial charge in [0.2, 0.25) is 0 Å². The van der Waals surface area contributed by atoms with Crippen LogP contribution in [-0.2, 0) is 16.6 Å². The second-order valence-corrected chi connectivity index (χ2v) is 7.77. The van der Waals surface area contributed by atoms with Crippen LogP contribution in [0, 0.1) is 0 Å². The number of hydrogen-bond acceptors (Lipinski definition) is 5. The Bertz CT molecular complexity index is 765. The smallest absolute Gasteiger partial charge is 0.161 e. The van der Waals surface area contributed by atoms with E-state index in [4.69, 9.17) is 15.2 Å². The van der Waals surface area contributed by atoms with E-state index in [2.05, 4.69) is 32.9 Å². The zero-order chi connectivity index (χ0) is 18.9. The van der Waals surface area contributed by atoms with Crippen molar-refractivity contribution >= 4 is 0 Å². The maximum Gasteiger partial charge on any atom is 0.161 e. The van der Waals surface area contributed by atoms with Gasteiger partial charge in [0.15, 0.2) is 11.5 Å². The highest BCUT2D eigenvalue weighted by atomic mass is 16.5. The summed E-state index contributed by atoms with van der Waals surface area (Å²) in [4.78, 5) is 0. The minimum Gasteiger partial charge on any atom is -0.504 e. The van der Waals surface area contributed by atoms with E-state index < -0.39 is 0 Å². The molecule has 0 radical (unpaired) electrons. The maximum atomic E-state index is 10.2. The molecule has 1 heterocycles. The third-order valence-corrected chi connectivity index (χ3v) is 4.80. The Kier molecular flexibility index (Phi) is 5.12. The Morgan fingerprint density at radius 3 is 2.42 bits per heavy atom. The number of fused-ring (bicyclic) bond motifs is 1. The molecule has 0 saturated carbocycles. The van der Waals surface area contributed by atoms with Crippen LogP contribution in [0.25, 0.3) is 0 Å². The van der Waals surface area contributed by atoms with Crippen molar-refractivity contribution in [2.24, 2.45) is 5.73 Å². The molecule has 0 fully saturated rings. The molecule has 0 bridgehead atoms. The molecule has 0 saturated heterocycles. The van der Waals surface area contributed by atoms with Crippen molar-refractivity contribution in [3.8, 4) is 17.2 Å². The van der Waals surface area contributed by atoms with Crippen molar-refractivity contribution in [1.82, 2.24) is 0 Å². The highest BCUT2D eigenvalue weighted by Gasteiger charge is 2.30. The summed E-state index contributed by atoms with van der Waals surface area (Å²) in [7, 11) is 0. The van der Waals surface area contributed by atoms with Crippen LogP contribution < -0.4 is 10.5 Å². The quantitative estimate of drug-likeness (QED) is 0.730. The van der Waals surface area contributed by atoms with E-state index in [1.807, 2.05) is 12.1 Å². The van der Waals surface area contributed by atoms with E-state index in [1.165, 1.54) is 11.6 Å². The van der Waals surface area contributed by atoms with Gasteiger partial charge in [-0.15, -0.1) is 0 Å². The van der Waals surface area contributed by atoms with E-state index >= 15 is 0 Å². The number of phenolic OH excluding ortho intramolecular Hbond substituents is 2. The van der Waals surface area contributed by atoms with E-state index in [1.54, 1.807) is 6.07 Å². The Morgan fingerprint density at radius 2 is 1.81 bits per heavy atom. The summed E-state index contributed by atoms with van der Waals surface area (Å²) >= 11 is 0. The number of aromatic hydroxyl groups is 2. The molecular weight excluding hydrogens is 330 g/mol. The third-order valence-electron chi connectivity index (χ3n) is 4.80. The van der Waals surface area contributed by atoms with Gasteiger partial charge in [0, 0.05) is 18.5 Å². The Labute approximate surface area is 154 Å². The van der Waals surface area contributed by atoms with Gasteiger partial charge in [-0.1, -0.05) is 39.0 Å². The van der Waals surface area contributed by atoms with Crippen molar-refractivity contribution in [3.05, 3.63) is 53.1 Å². The minimum absolute atomic E-state index is 0.0937. The average molecular weight is 357 g/mol. The molecule has 0 amide bonds. The molecule has 2 aromatic carbocycles. The molecular formula is C21H27NO4. The predicted molar refractivity (Wildman–Crippen MR) is 101 cm³/mol. The van der Waals surface area contributed by atoms with Crippen LogP contribution >= 0.6 is 0 Å². The van der Waals surface area contributed by atoms with Crippen LogP contribution in [-0.4, -0.2) is 29.5 Å². The number of rotatable bonds is 4. The summed E-state index contributed by atoms with van der Waals surface area (Å²) in [5.74, 6) is 0.555. The van der Waals surface area contributed by atoms with Crippen molar-refractivity contribution in [1.29, 1.82) is 0 Å². The third kappa shape index (κ3) is 3.79. The first-order chi connectivity index (χ1) is 12.3. The van der Waals surface area contributed by atoms with Crippen molar-refractivity contribution < 1.29 is 19.7 Å². The molecule has 1 aliphatic heterocycles. The van der Waals surface area contributed by atoms with E-state index in [-0.39, 0.29) is 29.1 Å². The molecule has 5 heteroatoms. The van der Waals surface area contributed by atoms with Crippen LogP contribution in [0.2, 0.25) is 0 Å². The lowest BCUT2D eigenvalue weighted by atomic mass is 9.87. The fourth-order valence-electron chi connectivity index (χ4n) is 3.26. The molecule has 0 aliphatic carbocycles. The van der Waals surface area contributed by atoms with Gasteiger partial charge in [0.1, 0.15) is 12.4 Å². The van der Waals surface area contributed by atoms with Gasteiger partial charge in [-0.25, -0.2) is 0 Å². The topological polar surface area (TPSA) is 84.9 Å². The minimum atomic E-state index is -0.317. The van der Waals surface area contributed by atoms with Crippen molar-refractivity contribution in [3.63, 3.8) is 0 Å². The lowest BCUT2D eigenvalue weighted by molar-refractivity contribution is -0.0422. The number of phenols is 2. The molecule has 2 atom stereocenters. The first-order valence-electron chi connectivity index (χ1n) is 8.92. The van der Waals surface area contributed by atoms with E-state index in [0.717, 1.165) is 11.3 Å². The van der Waals surface area contributed by atoms with Gasteiger partial charge in [-0.05, 0) is 34.7 Å².